The first-order valence-electron chi connectivity index (χ1n) is 8.77. The largest absolute Gasteiger partial charge is 0.421 e. The van der Waals surface area contributed by atoms with Crippen molar-refractivity contribution in [2.75, 3.05) is 18.5 Å². The molecule has 0 fully saturated rings. The van der Waals surface area contributed by atoms with Gasteiger partial charge in [-0.3, -0.25) is 5.10 Å². The molecule has 2 heterocycles. The molecule has 10 heteroatoms. The van der Waals surface area contributed by atoms with Crippen molar-refractivity contribution in [2.24, 2.45) is 5.92 Å². The SMILES string of the molecule is CC(C)Cc1n[nH]c2nc(Oc3ccc(F)cc3F)nc(NC(CO)CO)c12. The Balaban J connectivity index is 2.04. The number of hydrogen-bond donors (Lipinski definition) is 4. The van der Waals surface area contributed by atoms with Gasteiger partial charge in [-0.2, -0.15) is 15.1 Å². The van der Waals surface area contributed by atoms with Gasteiger partial charge in [0.15, 0.2) is 17.2 Å². The second-order valence-corrected chi connectivity index (χ2v) is 6.73. The summed E-state index contributed by atoms with van der Waals surface area (Å²) >= 11 is 0. The van der Waals surface area contributed by atoms with Crippen molar-refractivity contribution >= 4 is 16.9 Å². The van der Waals surface area contributed by atoms with Gasteiger partial charge in [0, 0.05) is 6.07 Å². The van der Waals surface area contributed by atoms with Gasteiger partial charge >= 0.3 is 6.01 Å². The van der Waals surface area contributed by atoms with Crippen LogP contribution in [-0.2, 0) is 6.42 Å². The monoisotopic (exact) mass is 393 g/mol. The third-order valence-electron chi connectivity index (χ3n) is 3.95. The normalized spacial score (nSPS) is 11.6. The van der Waals surface area contributed by atoms with Gasteiger partial charge in [-0.15, -0.1) is 0 Å². The summed E-state index contributed by atoms with van der Waals surface area (Å²) < 4.78 is 32.4. The number of anilines is 1. The fraction of sp³-hybridized carbons (Fsp3) is 0.389. The van der Waals surface area contributed by atoms with Gasteiger partial charge in [-0.25, -0.2) is 8.78 Å². The summed E-state index contributed by atoms with van der Waals surface area (Å²) in [5.74, 6) is -1.28. The van der Waals surface area contributed by atoms with Gasteiger partial charge < -0.3 is 20.3 Å². The zero-order valence-electron chi connectivity index (χ0n) is 15.4. The fourth-order valence-electron chi connectivity index (χ4n) is 2.65. The van der Waals surface area contributed by atoms with Crippen LogP contribution < -0.4 is 10.1 Å². The molecule has 0 bridgehead atoms. The number of aromatic amines is 1. The van der Waals surface area contributed by atoms with E-state index in [-0.39, 0.29) is 30.8 Å². The molecule has 2 aromatic heterocycles. The highest BCUT2D eigenvalue weighted by Gasteiger charge is 2.20. The van der Waals surface area contributed by atoms with Crippen LogP contribution in [0, 0.1) is 17.6 Å². The number of rotatable bonds is 8. The number of benzene rings is 1. The highest BCUT2D eigenvalue weighted by atomic mass is 19.1. The second kappa shape index (κ2) is 8.44. The van der Waals surface area contributed by atoms with Gasteiger partial charge in [0.2, 0.25) is 0 Å². The van der Waals surface area contributed by atoms with Crippen LogP contribution in [0.25, 0.3) is 11.0 Å². The Morgan fingerprint density at radius 2 is 1.93 bits per heavy atom. The number of halogens is 2. The molecule has 8 nitrogen and oxygen atoms in total. The molecule has 0 unspecified atom stereocenters. The van der Waals surface area contributed by atoms with Crippen LogP contribution in [0.3, 0.4) is 0 Å². The van der Waals surface area contributed by atoms with E-state index in [1.54, 1.807) is 0 Å². The lowest BCUT2D eigenvalue weighted by Crippen LogP contribution is -2.28. The molecule has 0 spiro atoms. The van der Waals surface area contributed by atoms with E-state index in [1.165, 1.54) is 0 Å². The van der Waals surface area contributed by atoms with E-state index in [1.807, 2.05) is 13.8 Å². The number of nitrogens with zero attached hydrogens (tertiary/aromatic N) is 3. The third kappa shape index (κ3) is 4.34. The summed E-state index contributed by atoms with van der Waals surface area (Å²) in [7, 11) is 0. The molecule has 0 saturated heterocycles. The number of hydrogen-bond acceptors (Lipinski definition) is 7. The highest BCUT2D eigenvalue weighted by molar-refractivity contribution is 5.89. The average Bonchev–Trinajstić information content (AvgIpc) is 3.04. The van der Waals surface area contributed by atoms with Crippen molar-refractivity contribution < 1.29 is 23.7 Å². The summed E-state index contributed by atoms with van der Waals surface area (Å²) in [6, 6.07) is 2.01. The fourth-order valence-corrected chi connectivity index (χ4v) is 2.65. The molecule has 0 saturated carbocycles. The van der Waals surface area contributed by atoms with Crippen LogP contribution in [-0.4, -0.2) is 49.6 Å². The Bertz CT molecular complexity index is 960. The molecule has 0 aliphatic carbocycles. The molecule has 3 rings (SSSR count). The molecule has 150 valence electrons. The summed E-state index contributed by atoms with van der Waals surface area (Å²) in [6.07, 6.45) is 0.647. The Kier molecular flexibility index (Phi) is 6.00. The lowest BCUT2D eigenvalue weighted by Gasteiger charge is -2.16. The number of aromatic nitrogens is 4. The van der Waals surface area contributed by atoms with Crippen LogP contribution in [0.5, 0.6) is 11.8 Å². The van der Waals surface area contributed by atoms with E-state index in [0.29, 0.717) is 35.1 Å². The Hall–Kier alpha value is -2.85. The number of aliphatic hydroxyl groups is 2. The van der Waals surface area contributed by atoms with E-state index in [0.717, 1.165) is 12.1 Å². The van der Waals surface area contributed by atoms with Crippen LogP contribution in [0.1, 0.15) is 19.5 Å². The number of fused-ring (bicyclic) bond motifs is 1. The van der Waals surface area contributed by atoms with Crippen molar-refractivity contribution in [1.82, 2.24) is 20.2 Å². The van der Waals surface area contributed by atoms with Gasteiger partial charge in [0.1, 0.15) is 11.6 Å². The maximum atomic E-state index is 13.9. The Morgan fingerprint density at radius 1 is 1.18 bits per heavy atom. The smallest absolute Gasteiger partial charge is 0.326 e. The minimum atomic E-state index is -0.896. The average molecular weight is 393 g/mol. The van der Waals surface area contributed by atoms with E-state index < -0.39 is 17.7 Å². The van der Waals surface area contributed by atoms with Gasteiger partial charge in [0.25, 0.3) is 0 Å². The number of ether oxygens (including phenoxy) is 1. The van der Waals surface area contributed by atoms with Crippen molar-refractivity contribution in [3.63, 3.8) is 0 Å². The maximum absolute atomic E-state index is 13.9. The van der Waals surface area contributed by atoms with E-state index >= 15 is 0 Å². The number of nitrogens with one attached hydrogen (secondary N) is 2. The van der Waals surface area contributed by atoms with Crippen LogP contribution in [0.15, 0.2) is 18.2 Å². The summed E-state index contributed by atoms with van der Waals surface area (Å²) in [4.78, 5) is 8.45. The van der Waals surface area contributed by atoms with Crippen molar-refractivity contribution in [3.8, 4) is 11.8 Å². The first kappa shape index (κ1) is 19.9. The van der Waals surface area contributed by atoms with E-state index in [2.05, 4.69) is 25.5 Å². The van der Waals surface area contributed by atoms with E-state index in [4.69, 9.17) is 4.74 Å². The third-order valence-corrected chi connectivity index (χ3v) is 3.95. The predicted octanol–water partition coefficient (Wildman–Crippen LogP) is 2.39. The number of aliphatic hydroxyl groups excluding tert-OH is 2. The minimum Gasteiger partial charge on any atom is -0.421 e. The Labute approximate surface area is 159 Å². The molecule has 4 N–H and O–H groups in total. The van der Waals surface area contributed by atoms with Crippen LogP contribution >= 0.6 is 0 Å². The van der Waals surface area contributed by atoms with Crippen molar-refractivity contribution in [1.29, 1.82) is 0 Å². The minimum absolute atomic E-state index is 0.199. The lowest BCUT2D eigenvalue weighted by molar-refractivity contribution is 0.203. The molecular formula is C18H21F2N5O3. The topological polar surface area (TPSA) is 116 Å². The molecule has 0 radical (unpaired) electrons. The first-order chi connectivity index (χ1) is 13.4. The van der Waals surface area contributed by atoms with Crippen molar-refractivity contribution in [2.45, 2.75) is 26.3 Å². The quantitative estimate of drug-likeness (QED) is 0.464. The van der Waals surface area contributed by atoms with E-state index in [9.17, 15) is 19.0 Å². The van der Waals surface area contributed by atoms with Gasteiger partial charge in [-0.05, 0) is 24.5 Å². The summed E-state index contributed by atoms with van der Waals surface area (Å²) in [5, 5.41) is 29.3. The first-order valence-corrected chi connectivity index (χ1v) is 8.77. The Morgan fingerprint density at radius 3 is 2.57 bits per heavy atom. The molecule has 0 atom stereocenters. The van der Waals surface area contributed by atoms with Gasteiger partial charge in [0.05, 0.1) is 30.3 Å². The van der Waals surface area contributed by atoms with Crippen LogP contribution in [0.4, 0.5) is 14.6 Å². The molecule has 0 aliphatic rings. The molecule has 0 amide bonds. The molecule has 3 aromatic rings. The maximum Gasteiger partial charge on any atom is 0.326 e. The zero-order valence-corrected chi connectivity index (χ0v) is 15.4. The van der Waals surface area contributed by atoms with Crippen molar-refractivity contribution in [3.05, 3.63) is 35.5 Å². The van der Waals surface area contributed by atoms with Gasteiger partial charge in [-0.1, -0.05) is 13.8 Å². The molecule has 1 aromatic carbocycles. The molecule has 28 heavy (non-hydrogen) atoms. The standard InChI is InChI=1S/C18H21F2N5O3/c1-9(2)5-13-15-16(21-11(7-26)8-27)22-18(23-17(15)25-24-13)28-14-4-3-10(19)6-12(14)20/h3-4,6,9,11,26-27H,5,7-8H2,1-2H3,(H2,21,22,23,24,25). The second-order valence-electron chi connectivity index (χ2n) is 6.73. The number of H-pyrrole nitrogens is 1. The van der Waals surface area contributed by atoms with Crippen LogP contribution in [0.2, 0.25) is 0 Å². The molecular weight excluding hydrogens is 372 g/mol. The zero-order chi connectivity index (χ0) is 20.3. The molecule has 0 aliphatic heterocycles. The lowest BCUT2D eigenvalue weighted by atomic mass is 10.1. The highest BCUT2D eigenvalue weighted by Crippen LogP contribution is 2.29. The summed E-state index contributed by atoms with van der Waals surface area (Å²) in [5.41, 5.74) is 1.06. The summed E-state index contributed by atoms with van der Waals surface area (Å²) in [6.45, 7) is 3.41. The predicted molar refractivity (Wildman–Crippen MR) is 98.2 cm³/mol.